The van der Waals surface area contributed by atoms with Gasteiger partial charge in [-0.3, -0.25) is 0 Å². The largest absolute Gasteiger partial charge is 0.345 e. The highest BCUT2D eigenvalue weighted by atomic mass is 32.2. The molecule has 8 heteroatoms. The van der Waals surface area contributed by atoms with Gasteiger partial charge in [-0.1, -0.05) is 0 Å². The van der Waals surface area contributed by atoms with Crippen molar-refractivity contribution in [3.63, 3.8) is 0 Å². The van der Waals surface area contributed by atoms with Crippen LogP contribution in [-0.2, 0) is 10.0 Å². The van der Waals surface area contributed by atoms with E-state index in [4.69, 9.17) is 15.8 Å². The Balaban J connectivity index is 1.52. The zero-order valence-electron chi connectivity index (χ0n) is 15.9. The van der Waals surface area contributed by atoms with E-state index in [1.165, 1.54) is 43.5 Å². The van der Waals surface area contributed by atoms with Crippen molar-refractivity contribution in [3.8, 4) is 18.2 Å². The molecule has 0 aromatic heterocycles. The number of sulfonamides is 1. The third-order valence-corrected chi connectivity index (χ3v) is 8.00. The second-order valence-electron chi connectivity index (χ2n) is 8.54. The van der Waals surface area contributed by atoms with Gasteiger partial charge < -0.3 is 5.32 Å². The SMILES string of the molecule is N#CC(C#N)=C(C#N)Nc1ccc(S(=O)(=O)NC23CC4CC(CC(C4)C2)C3)cc1. The molecule has 0 unspecified atom stereocenters. The zero-order chi connectivity index (χ0) is 20.6. The molecule has 0 spiro atoms. The highest BCUT2D eigenvalue weighted by Gasteiger charge is 2.52. The number of nitrogens with one attached hydrogen (secondary N) is 2. The number of nitriles is 3. The summed E-state index contributed by atoms with van der Waals surface area (Å²) in [6.45, 7) is 0. The van der Waals surface area contributed by atoms with Crippen LogP contribution in [0.2, 0.25) is 0 Å². The Morgan fingerprint density at radius 2 is 1.41 bits per heavy atom. The summed E-state index contributed by atoms with van der Waals surface area (Å²) in [7, 11) is -3.66. The quantitative estimate of drug-likeness (QED) is 0.721. The lowest BCUT2D eigenvalue weighted by molar-refractivity contribution is -0.00810. The van der Waals surface area contributed by atoms with Gasteiger partial charge in [-0.15, -0.1) is 0 Å². The molecular weight excluding hydrogens is 386 g/mol. The average Bonchev–Trinajstić information content (AvgIpc) is 2.66. The van der Waals surface area contributed by atoms with E-state index >= 15 is 0 Å². The van der Waals surface area contributed by atoms with Gasteiger partial charge in [0, 0.05) is 11.2 Å². The maximum absolute atomic E-state index is 13.0. The normalized spacial score (nSPS) is 29.3. The molecule has 4 aliphatic carbocycles. The number of allylic oxidation sites excluding steroid dienone is 2. The number of benzene rings is 1. The van der Waals surface area contributed by atoms with Crippen LogP contribution < -0.4 is 10.0 Å². The topological polar surface area (TPSA) is 130 Å². The van der Waals surface area contributed by atoms with Crippen molar-refractivity contribution in [1.82, 2.24) is 4.72 Å². The van der Waals surface area contributed by atoms with E-state index in [0.717, 1.165) is 19.3 Å². The molecule has 5 rings (SSSR count). The molecule has 0 radical (unpaired) electrons. The highest BCUT2D eigenvalue weighted by Crippen LogP contribution is 2.55. The van der Waals surface area contributed by atoms with E-state index in [9.17, 15) is 8.42 Å². The van der Waals surface area contributed by atoms with Crippen LogP contribution in [0.1, 0.15) is 38.5 Å². The number of nitrogens with zero attached hydrogens (tertiary/aromatic N) is 3. The molecule has 2 N–H and O–H groups in total. The second kappa shape index (κ2) is 7.19. The van der Waals surface area contributed by atoms with Gasteiger partial charge in [-0.05, 0) is 80.5 Å². The summed E-state index contributed by atoms with van der Waals surface area (Å²) >= 11 is 0. The molecule has 4 saturated carbocycles. The predicted octanol–water partition coefficient (Wildman–Crippen LogP) is 3.17. The van der Waals surface area contributed by atoms with Crippen LogP contribution in [0.3, 0.4) is 0 Å². The molecule has 0 heterocycles. The zero-order valence-corrected chi connectivity index (χ0v) is 16.7. The molecule has 7 nitrogen and oxygen atoms in total. The van der Waals surface area contributed by atoms with Gasteiger partial charge in [0.15, 0.2) is 5.57 Å². The lowest BCUT2D eigenvalue weighted by atomic mass is 9.53. The van der Waals surface area contributed by atoms with Gasteiger partial charge in [0.25, 0.3) is 0 Å². The van der Waals surface area contributed by atoms with Crippen LogP contribution in [0.15, 0.2) is 40.4 Å². The molecule has 0 saturated heterocycles. The Labute approximate surface area is 170 Å². The summed E-state index contributed by atoms with van der Waals surface area (Å²) < 4.78 is 29.1. The molecule has 4 aliphatic rings. The second-order valence-corrected chi connectivity index (χ2v) is 10.2. The van der Waals surface area contributed by atoms with Crippen LogP contribution in [-0.4, -0.2) is 14.0 Å². The fraction of sp³-hybridized carbons (Fsp3) is 0.476. The first-order valence-corrected chi connectivity index (χ1v) is 11.2. The van der Waals surface area contributed by atoms with E-state index in [2.05, 4.69) is 10.0 Å². The molecule has 4 fully saturated rings. The minimum atomic E-state index is -3.66. The third-order valence-electron chi connectivity index (χ3n) is 6.41. The van der Waals surface area contributed by atoms with E-state index < -0.39 is 10.0 Å². The van der Waals surface area contributed by atoms with Crippen LogP contribution in [0.4, 0.5) is 5.69 Å². The van der Waals surface area contributed by atoms with Gasteiger partial charge in [-0.2, -0.15) is 15.8 Å². The van der Waals surface area contributed by atoms with Crippen molar-refractivity contribution in [2.45, 2.75) is 49.0 Å². The highest BCUT2D eigenvalue weighted by molar-refractivity contribution is 7.89. The van der Waals surface area contributed by atoms with Crippen molar-refractivity contribution in [2.75, 3.05) is 5.32 Å². The Morgan fingerprint density at radius 3 is 1.86 bits per heavy atom. The first-order valence-electron chi connectivity index (χ1n) is 9.72. The van der Waals surface area contributed by atoms with Gasteiger partial charge >= 0.3 is 0 Å². The molecular formula is C21H21N5O2S. The van der Waals surface area contributed by atoms with Crippen LogP contribution >= 0.6 is 0 Å². The summed E-state index contributed by atoms with van der Waals surface area (Å²) in [4.78, 5) is 0.169. The molecule has 29 heavy (non-hydrogen) atoms. The van der Waals surface area contributed by atoms with Crippen molar-refractivity contribution in [1.29, 1.82) is 15.8 Å². The smallest absolute Gasteiger partial charge is 0.241 e. The van der Waals surface area contributed by atoms with E-state index in [-0.39, 0.29) is 21.7 Å². The van der Waals surface area contributed by atoms with Gasteiger partial charge in [-0.25, -0.2) is 13.1 Å². The van der Waals surface area contributed by atoms with Crippen molar-refractivity contribution in [2.24, 2.45) is 17.8 Å². The minimum absolute atomic E-state index is 0.169. The summed E-state index contributed by atoms with van der Waals surface area (Å²) in [6, 6.07) is 11.1. The van der Waals surface area contributed by atoms with Crippen LogP contribution in [0.25, 0.3) is 0 Å². The summed E-state index contributed by atoms with van der Waals surface area (Å²) in [5.74, 6) is 1.92. The lowest BCUT2D eigenvalue weighted by Gasteiger charge is -2.56. The summed E-state index contributed by atoms with van der Waals surface area (Å²) in [5.41, 5.74) is -0.376. The number of rotatable bonds is 5. The average molecular weight is 407 g/mol. The number of anilines is 1. The Hall–Kier alpha value is -2.86. The van der Waals surface area contributed by atoms with E-state index in [1.807, 2.05) is 0 Å². The lowest BCUT2D eigenvalue weighted by Crippen LogP contribution is -2.59. The molecule has 0 amide bonds. The molecule has 1 aromatic rings. The van der Waals surface area contributed by atoms with E-state index in [1.54, 1.807) is 18.2 Å². The number of hydrogen-bond acceptors (Lipinski definition) is 6. The molecule has 1 aromatic carbocycles. The first-order chi connectivity index (χ1) is 13.9. The number of hydrogen-bond donors (Lipinski definition) is 2. The molecule has 0 atom stereocenters. The first kappa shape index (κ1) is 19.5. The summed E-state index contributed by atoms with van der Waals surface area (Å²) in [5, 5.41) is 29.6. The van der Waals surface area contributed by atoms with Crippen LogP contribution in [0.5, 0.6) is 0 Å². The Morgan fingerprint density at radius 1 is 0.897 bits per heavy atom. The van der Waals surface area contributed by atoms with Gasteiger partial charge in [0.2, 0.25) is 10.0 Å². The molecule has 4 bridgehead atoms. The molecule has 0 aliphatic heterocycles. The third kappa shape index (κ3) is 3.72. The van der Waals surface area contributed by atoms with Gasteiger partial charge in [0.1, 0.15) is 23.9 Å². The summed E-state index contributed by atoms with van der Waals surface area (Å²) in [6.07, 6.45) is 6.51. The monoisotopic (exact) mass is 407 g/mol. The maximum atomic E-state index is 13.0. The predicted molar refractivity (Wildman–Crippen MR) is 105 cm³/mol. The van der Waals surface area contributed by atoms with Crippen molar-refractivity contribution in [3.05, 3.63) is 35.5 Å². The van der Waals surface area contributed by atoms with Crippen molar-refractivity contribution < 1.29 is 8.42 Å². The maximum Gasteiger partial charge on any atom is 0.241 e. The Bertz CT molecular complexity index is 1030. The van der Waals surface area contributed by atoms with Crippen LogP contribution in [0, 0.1) is 51.7 Å². The van der Waals surface area contributed by atoms with E-state index in [0.29, 0.717) is 23.4 Å². The fourth-order valence-corrected chi connectivity index (χ4v) is 7.16. The standard InChI is InChI=1S/C21H21N5O2S/c22-11-17(12-23)20(13-24)25-18-1-3-19(4-2-18)29(27,28)26-21-8-14-5-15(9-21)7-16(6-14)10-21/h1-4,14-16,25-26H,5-10H2. The minimum Gasteiger partial charge on any atom is -0.345 e. The van der Waals surface area contributed by atoms with Gasteiger partial charge in [0.05, 0.1) is 4.90 Å². The fourth-order valence-electron chi connectivity index (χ4n) is 5.72. The Kier molecular flexibility index (Phi) is 4.82. The van der Waals surface area contributed by atoms with Crippen molar-refractivity contribution >= 4 is 15.7 Å². The molecule has 148 valence electrons.